The van der Waals surface area contributed by atoms with Gasteiger partial charge in [-0.05, 0) is 42.3 Å². The number of fused-ring (bicyclic) bond motifs is 1. The van der Waals surface area contributed by atoms with Crippen LogP contribution < -0.4 is 10.6 Å². The summed E-state index contributed by atoms with van der Waals surface area (Å²) >= 11 is 0. The summed E-state index contributed by atoms with van der Waals surface area (Å²) < 4.78 is 16.2. The minimum Gasteiger partial charge on any atom is -0.338 e. The second-order valence-electron chi connectivity index (χ2n) is 7.67. The number of rotatable bonds is 4. The molecule has 0 bridgehead atoms. The number of hydrogen-bond donors (Lipinski definition) is 2. The molecule has 158 valence electrons. The Morgan fingerprint density at radius 2 is 2.03 bits per heavy atom. The Morgan fingerprint density at radius 3 is 2.81 bits per heavy atom. The number of halogens is 1. The van der Waals surface area contributed by atoms with Gasteiger partial charge in [-0.2, -0.15) is 10.2 Å². The first-order valence-electron chi connectivity index (χ1n) is 10.1. The number of allylic oxidation sites excluding steroid dienone is 2. The Morgan fingerprint density at radius 1 is 1.19 bits per heavy atom. The summed E-state index contributed by atoms with van der Waals surface area (Å²) in [5.41, 5.74) is 5.58. The number of aromatic nitrogens is 6. The monoisotopic (exact) mass is 424 g/mol. The van der Waals surface area contributed by atoms with Crippen LogP contribution in [0.3, 0.4) is 0 Å². The Kier molecular flexibility index (Phi) is 4.78. The van der Waals surface area contributed by atoms with Gasteiger partial charge in [-0.25, -0.2) is 9.37 Å². The highest BCUT2D eigenvalue weighted by Crippen LogP contribution is 2.31. The van der Waals surface area contributed by atoms with Gasteiger partial charge in [0.25, 0.3) is 0 Å². The number of aryl methyl sites for hydroxylation is 1. The molecule has 0 atom stereocenters. The molecular formula is C25H21FN6. The lowest BCUT2D eigenvalue weighted by Crippen LogP contribution is -2.21. The van der Waals surface area contributed by atoms with Crippen LogP contribution in [0.25, 0.3) is 51.8 Å². The summed E-state index contributed by atoms with van der Waals surface area (Å²) in [5.74, 6) is -0.270. The predicted molar refractivity (Wildman–Crippen MR) is 125 cm³/mol. The van der Waals surface area contributed by atoms with Crippen molar-refractivity contribution < 1.29 is 4.39 Å². The predicted octanol–water partition coefficient (Wildman–Crippen LogP) is 3.79. The number of benzene rings is 1. The molecule has 0 fully saturated rings. The molecule has 0 saturated carbocycles. The smallest absolute Gasteiger partial charge is 0.138 e. The molecule has 0 amide bonds. The zero-order valence-electron chi connectivity index (χ0n) is 17.7. The number of H-pyrrole nitrogens is 2. The van der Waals surface area contributed by atoms with E-state index in [9.17, 15) is 4.39 Å². The Hall–Kier alpha value is -4.26. The van der Waals surface area contributed by atoms with Crippen LogP contribution in [0.5, 0.6) is 0 Å². The fourth-order valence-electron chi connectivity index (χ4n) is 3.74. The molecule has 7 heteroatoms. The second-order valence-corrected chi connectivity index (χ2v) is 7.67. The van der Waals surface area contributed by atoms with E-state index in [0.29, 0.717) is 16.9 Å². The summed E-state index contributed by atoms with van der Waals surface area (Å²) in [6.45, 7) is 6.23. The van der Waals surface area contributed by atoms with Gasteiger partial charge >= 0.3 is 0 Å². The van der Waals surface area contributed by atoms with Gasteiger partial charge in [-0.15, -0.1) is 0 Å². The maximum Gasteiger partial charge on any atom is 0.138 e. The molecule has 0 radical (unpaired) electrons. The van der Waals surface area contributed by atoms with E-state index in [1.807, 2.05) is 56.7 Å². The van der Waals surface area contributed by atoms with Crippen molar-refractivity contribution in [3.05, 3.63) is 83.0 Å². The zero-order chi connectivity index (χ0) is 22.2. The van der Waals surface area contributed by atoms with E-state index in [4.69, 9.17) is 0 Å². The van der Waals surface area contributed by atoms with E-state index in [1.54, 1.807) is 23.0 Å². The first kappa shape index (κ1) is 19.7. The van der Waals surface area contributed by atoms with Gasteiger partial charge in [0.1, 0.15) is 17.2 Å². The molecule has 32 heavy (non-hydrogen) atoms. The number of nitrogens with zero attached hydrogens (tertiary/aromatic N) is 4. The maximum atomic E-state index is 14.4. The fraction of sp³-hybridized carbons (Fsp3) is 0.0800. The highest BCUT2D eigenvalue weighted by Gasteiger charge is 2.14. The quantitative estimate of drug-likeness (QED) is 0.461. The fourth-order valence-corrected chi connectivity index (χ4v) is 3.74. The van der Waals surface area contributed by atoms with Crippen molar-refractivity contribution in [2.45, 2.75) is 6.92 Å². The highest BCUT2D eigenvalue weighted by atomic mass is 19.1. The molecule has 1 aromatic carbocycles. The molecule has 4 aromatic heterocycles. The Balaban J connectivity index is 1.56. The van der Waals surface area contributed by atoms with Crippen LogP contribution in [0.15, 0.2) is 61.1 Å². The van der Waals surface area contributed by atoms with E-state index in [-0.39, 0.29) is 5.82 Å². The number of aromatic amines is 2. The van der Waals surface area contributed by atoms with Crippen molar-refractivity contribution in [1.29, 1.82) is 0 Å². The second kappa shape index (κ2) is 7.77. The summed E-state index contributed by atoms with van der Waals surface area (Å²) in [5, 5.41) is 14.1. The first-order valence-corrected chi connectivity index (χ1v) is 10.1. The molecule has 4 heterocycles. The third-order valence-electron chi connectivity index (χ3n) is 5.51. The Labute approximate surface area is 183 Å². The van der Waals surface area contributed by atoms with Gasteiger partial charge < -0.3 is 4.98 Å². The lowest BCUT2D eigenvalue weighted by molar-refractivity contribution is 0.631. The van der Waals surface area contributed by atoms with Crippen LogP contribution in [-0.4, -0.2) is 29.9 Å². The van der Waals surface area contributed by atoms with Crippen LogP contribution in [0.4, 0.5) is 4.39 Å². The van der Waals surface area contributed by atoms with Gasteiger partial charge in [0.2, 0.25) is 0 Å². The first-order chi connectivity index (χ1) is 15.5. The van der Waals surface area contributed by atoms with Gasteiger partial charge in [-0.1, -0.05) is 30.9 Å². The Bertz CT molecular complexity index is 1580. The standard InChI is InChI=1S/C25H21FN6/c1-15(17-13-28-32(3)14-17)8-9-22-16(2)24(31-30-22)23-12-20-18(10-11-27-25(20)29-23)19-6-4-5-7-21(19)26/h4-14,30H,2H2,1,3H3,(H,27,29)/b15-8+,22-9+. The summed E-state index contributed by atoms with van der Waals surface area (Å²) in [7, 11) is 1.89. The molecule has 0 unspecified atom stereocenters. The average molecular weight is 424 g/mol. The van der Waals surface area contributed by atoms with E-state index in [2.05, 4.69) is 31.8 Å². The van der Waals surface area contributed by atoms with Crippen molar-refractivity contribution in [2.24, 2.45) is 7.05 Å². The molecule has 0 aliphatic heterocycles. The van der Waals surface area contributed by atoms with Crippen molar-refractivity contribution in [3.63, 3.8) is 0 Å². The zero-order valence-corrected chi connectivity index (χ0v) is 17.7. The highest BCUT2D eigenvalue weighted by molar-refractivity contribution is 5.96. The third-order valence-corrected chi connectivity index (χ3v) is 5.51. The minimum atomic E-state index is -0.270. The topological polar surface area (TPSA) is 75.2 Å². The van der Waals surface area contributed by atoms with Crippen molar-refractivity contribution >= 4 is 29.3 Å². The molecule has 0 aliphatic rings. The number of nitrogens with one attached hydrogen (secondary N) is 2. The maximum absolute atomic E-state index is 14.4. The van der Waals surface area contributed by atoms with Gasteiger partial charge in [0.15, 0.2) is 0 Å². The molecule has 0 saturated heterocycles. The average Bonchev–Trinajstić information content (AvgIpc) is 3.50. The lowest BCUT2D eigenvalue weighted by atomic mass is 10.0. The van der Waals surface area contributed by atoms with Crippen LogP contribution in [-0.2, 0) is 7.05 Å². The van der Waals surface area contributed by atoms with Crippen molar-refractivity contribution in [3.8, 4) is 22.5 Å². The van der Waals surface area contributed by atoms with Gasteiger partial charge in [-0.3, -0.25) is 9.78 Å². The van der Waals surface area contributed by atoms with E-state index < -0.39 is 0 Å². The molecule has 5 aromatic rings. The summed E-state index contributed by atoms with van der Waals surface area (Å²) in [6.07, 6.45) is 9.42. The normalized spacial score (nSPS) is 12.7. The molecule has 2 N–H and O–H groups in total. The SMILES string of the molecule is C=c1c(-c2cc3c(-c4ccccc4F)ccnc3[nH]2)n[nH]/c1=C/C=C(\C)c1cnn(C)c1. The molecule has 0 spiro atoms. The van der Waals surface area contributed by atoms with E-state index in [0.717, 1.165) is 38.3 Å². The molecule has 5 rings (SSSR count). The van der Waals surface area contributed by atoms with Gasteiger partial charge in [0, 0.05) is 41.2 Å². The van der Waals surface area contributed by atoms with E-state index in [1.165, 1.54) is 6.07 Å². The minimum absolute atomic E-state index is 0.270. The van der Waals surface area contributed by atoms with Crippen LogP contribution in [0.1, 0.15) is 12.5 Å². The molecule has 0 aliphatic carbocycles. The third kappa shape index (κ3) is 3.43. The number of hydrogen-bond acceptors (Lipinski definition) is 3. The molecular weight excluding hydrogens is 403 g/mol. The van der Waals surface area contributed by atoms with Gasteiger partial charge in [0.05, 0.1) is 17.2 Å². The van der Waals surface area contributed by atoms with E-state index >= 15 is 0 Å². The number of pyridine rings is 1. The molecule has 6 nitrogen and oxygen atoms in total. The summed E-state index contributed by atoms with van der Waals surface area (Å²) in [6, 6.07) is 10.5. The van der Waals surface area contributed by atoms with Crippen LogP contribution in [0, 0.1) is 5.82 Å². The van der Waals surface area contributed by atoms with Crippen molar-refractivity contribution in [1.82, 2.24) is 29.9 Å². The largest absolute Gasteiger partial charge is 0.338 e. The van der Waals surface area contributed by atoms with Crippen LogP contribution >= 0.6 is 0 Å². The van der Waals surface area contributed by atoms with Crippen molar-refractivity contribution in [2.75, 3.05) is 0 Å². The summed E-state index contributed by atoms with van der Waals surface area (Å²) in [4.78, 5) is 7.71. The van der Waals surface area contributed by atoms with Crippen LogP contribution in [0.2, 0.25) is 0 Å². The lowest BCUT2D eigenvalue weighted by Gasteiger charge is -2.04.